The maximum absolute atomic E-state index is 6.08. The van der Waals surface area contributed by atoms with Crippen molar-refractivity contribution in [2.45, 2.75) is 0 Å². The Morgan fingerprint density at radius 2 is 1.31 bits per heavy atom. The Kier molecular flexibility index (Phi) is 4.87. The van der Waals surface area contributed by atoms with Gasteiger partial charge in [0.25, 0.3) is 0 Å². The van der Waals surface area contributed by atoms with Crippen molar-refractivity contribution in [3.05, 3.63) is 140 Å². The predicted octanol–water partition coefficient (Wildman–Crippen LogP) is 9.96. The zero-order valence-electron chi connectivity index (χ0n) is 22.5. The molecule has 0 unspecified atom stereocenters. The summed E-state index contributed by atoms with van der Waals surface area (Å²) in [5, 5.41) is 5.76. The van der Waals surface area contributed by atoms with Crippen LogP contribution >= 0.6 is 0 Å². The molecule has 0 saturated carbocycles. The minimum atomic E-state index is 0.557. The van der Waals surface area contributed by atoms with Crippen molar-refractivity contribution in [1.82, 2.24) is 14.5 Å². The highest BCUT2D eigenvalue weighted by Crippen LogP contribution is 2.37. The van der Waals surface area contributed by atoms with Crippen molar-refractivity contribution in [1.29, 1.82) is 0 Å². The lowest BCUT2D eigenvalue weighted by atomic mass is 10.00. The van der Waals surface area contributed by atoms with Crippen LogP contribution in [0.5, 0.6) is 0 Å². The number of nitrogens with zero attached hydrogens (tertiary/aromatic N) is 3. The summed E-state index contributed by atoms with van der Waals surface area (Å²) >= 11 is 0. The molecule has 0 N–H and O–H groups in total. The highest BCUT2D eigenvalue weighted by atomic mass is 16.3. The molecular weight excluding hydrogens is 514 g/mol. The molecule has 6 aromatic carbocycles. The Bertz CT molecular complexity index is 2470. The number of fused-ring (bicyclic) bond motifs is 8. The van der Waals surface area contributed by atoms with Gasteiger partial charge >= 0.3 is 0 Å². The van der Waals surface area contributed by atoms with E-state index in [0.717, 1.165) is 55.3 Å². The third-order valence-corrected chi connectivity index (χ3v) is 8.25. The predicted molar refractivity (Wildman–Crippen MR) is 172 cm³/mol. The van der Waals surface area contributed by atoms with E-state index in [4.69, 9.17) is 9.40 Å². The largest absolute Gasteiger partial charge is 0.436 e. The molecule has 9 aromatic rings. The summed E-state index contributed by atoms with van der Waals surface area (Å²) < 4.78 is 8.42. The molecule has 0 aliphatic carbocycles. The van der Waals surface area contributed by atoms with Gasteiger partial charge < -0.3 is 8.98 Å². The highest BCUT2D eigenvalue weighted by molar-refractivity contribution is 6.17. The van der Waals surface area contributed by atoms with Crippen molar-refractivity contribution in [2.24, 2.45) is 0 Å². The van der Waals surface area contributed by atoms with Gasteiger partial charge in [-0.05, 0) is 64.4 Å². The van der Waals surface area contributed by atoms with Gasteiger partial charge in [0.15, 0.2) is 0 Å². The third kappa shape index (κ3) is 3.42. The highest BCUT2D eigenvalue weighted by Gasteiger charge is 2.16. The first kappa shape index (κ1) is 23.0. The van der Waals surface area contributed by atoms with E-state index in [1.165, 1.54) is 21.8 Å². The molecule has 4 heteroatoms. The van der Waals surface area contributed by atoms with Gasteiger partial charge in [0, 0.05) is 22.0 Å². The molecule has 0 amide bonds. The molecule has 3 aromatic heterocycles. The molecule has 196 valence electrons. The van der Waals surface area contributed by atoms with Crippen LogP contribution in [0.4, 0.5) is 0 Å². The van der Waals surface area contributed by atoms with Gasteiger partial charge in [-0.3, -0.25) is 0 Å². The summed E-state index contributed by atoms with van der Waals surface area (Å²) in [7, 11) is 0. The minimum Gasteiger partial charge on any atom is -0.436 e. The Balaban J connectivity index is 1.19. The van der Waals surface area contributed by atoms with E-state index in [9.17, 15) is 0 Å². The lowest BCUT2D eigenvalue weighted by Crippen LogP contribution is -1.92. The lowest BCUT2D eigenvalue weighted by Gasteiger charge is -2.09. The van der Waals surface area contributed by atoms with Crippen LogP contribution in [-0.4, -0.2) is 14.5 Å². The van der Waals surface area contributed by atoms with E-state index >= 15 is 0 Å². The van der Waals surface area contributed by atoms with Gasteiger partial charge in [-0.15, -0.1) is 0 Å². The molecule has 9 rings (SSSR count). The SMILES string of the molecule is c1ccc(-n2c3ccccc3c3cc(-c4cccc(-c5cnc6oc7ccc8ccccc8c7c6n5)c4)ccc32)cc1. The average Bonchev–Trinajstić information content (AvgIpc) is 3.60. The summed E-state index contributed by atoms with van der Waals surface area (Å²) in [6.45, 7) is 0. The third-order valence-electron chi connectivity index (χ3n) is 8.25. The lowest BCUT2D eigenvalue weighted by molar-refractivity contribution is 0.653. The van der Waals surface area contributed by atoms with Crippen LogP contribution in [0.15, 0.2) is 144 Å². The van der Waals surface area contributed by atoms with Crippen molar-refractivity contribution < 1.29 is 4.42 Å². The monoisotopic (exact) mass is 537 g/mol. The number of aromatic nitrogens is 3. The van der Waals surface area contributed by atoms with Crippen LogP contribution in [-0.2, 0) is 0 Å². The number of benzene rings is 6. The van der Waals surface area contributed by atoms with Crippen molar-refractivity contribution in [2.75, 3.05) is 0 Å². The molecule has 0 aliphatic heterocycles. The van der Waals surface area contributed by atoms with Crippen molar-refractivity contribution in [3.63, 3.8) is 0 Å². The van der Waals surface area contributed by atoms with Gasteiger partial charge in [0.05, 0.1) is 28.3 Å². The fourth-order valence-corrected chi connectivity index (χ4v) is 6.31. The summed E-state index contributed by atoms with van der Waals surface area (Å²) in [5.74, 6) is 0. The summed E-state index contributed by atoms with van der Waals surface area (Å²) in [5.41, 5.74) is 9.84. The van der Waals surface area contributed by atoms with Crippen LogP contribution in [0.3, 0.4) is 0 Å². The quantitative estimate of drug-likeness (QED) is 0.225. The molecule has 0 fully saturated rings. The van der Waals surface area contributed by atoms with Gasteiger partial charge in [0.2, 0.25) is 5.71 Å². The second kappa shape index (κ2) is 8.88. The van der Waals surface area contributed by atoms with Crippen LogP contribution in [0.25, 0.3) is 82.8 Å². The number of rotatable bonds is 3. The smallest absolute Gasteiger partial charge is 0.246 e. The Labute approximate surface area is 241 Å². The van der Waals surface area contributed by atoms with Gasteiger partial charge in [-0.2, -0.15) is 0 Å². The van der Waals surface area contributed by atoms with Crippen LogP contribution in [0, 0.1) is 0 Å². The Morgan fingerprint density at radius 3 is 2.24 bits per heavy atom. The van der Waals surface area contributed by atoms with E-state index in [1.54, 1.807) is 0 Å². The molecule has 0 spiro atoms. The number of hydrogen-bond acceptors (Lipinski definition) is 3. The molecule has 0 aliphatic rings. The van der Waals surface area contributed by atoms with Crippen LogP contribution in [0.2, 0.25) is 0 Å². The fraction of sp³-hybridized carbons (Fsp3) is 0. The number of hydrogen-bond donors (Lipinski definition) is 0. The average molecular weight is 538 g/mol. The summed E-state index contributed by atoms with van der Waals surface area (Å²) in [6, 6.07) is 46.9. The zero-order valence-corrected chi connectivity index (χ0v) is 22.5. The van der Waals surface area contributed by atoms with E-state index in [1.807, 2.05) is 12.3 Å². The summed E-state index contributed by atoms with van der Waals surface area (Å²) in [4.78, 5) is 9.77. The fourth-order valence-electron chi connectivity index (χ4n) is 6.31. The standard InChI is InChI=1S/C38H23N3O/c1-2-12-28(13-3-1)41-33-16-7-6-15-30(33)31-22-26(17-19-34(31)41)25-10-8-11-27(21-25)32-23-39-38-37(40-32)36-29-14-5-4-9-24(29)18-20-35(36)42-38/h1-23H. The molecule has 0 bridgehead atoms. The molecular formula is C38H23N3O. The second-order valence-corrected chi connectivity index (χ2v) is 10.7. The van der Waals surface area contributed by atoms with E-state index < -0.39 is 0 Å². The van der Waals surface area contributed by atoms with Crippen molar-refractivity contribution in [3.8, 4) is 28.1 Å². The summed E-state index contributed by atoms with van der Waals surface area (Å²) in [6.07, 6.45) is 1.81. The van der Waals surface area contributed by atoms with E-state index in [-0.39, 0.29) is 0 Å². The Morgan fingerprint density at radius 1 is 0.548 bits per heavy atom. The first-order chi connectivity index (χ1) is 20.8. The minimum absolute atomic E-state index is 0.557. The van der Waals surface area contributed by atoms with Gasteiger partial charge in [-0.25, -0.2) is 9.97 Å². The molecule has 3 heterocycles. The Hall–Kier alpha value is -5.74. The van der Waals surface area contributed by atoms with Crippen LogP contribution in [0.1, 0.15) is 0 Å². The number of para-hydroxylation sites is 2. The zero-order chi connectivity index (χ0) is 27.6. The van der Waals surface area contributed by atoms with E-state index in [2.05, 4.69) is 137 Å². The molecule has 0 radical (unpaired) electrons. The van der Waals surface area contributed by atoms with Crippen molar-refractivity contribution >= 4 is 54.8 Å². The molecule has 0 saturated heterocycles. The van der Waals surface area contributed by atoms with Crippen LogP contribution < -0.4 is 0 Å². The first-order valence-corrected chi connectivity index (χ1v) is 14.1. The molecule has 4 nitrogen and oxygen atoms in total. The maximum Gasteiger partial charge on any atom is 0.246 e. The second-order valence-electron chi connectivity index (χ2n) is 10.7. The first-order valence-electron chi connectivity index (χ1n) is 14.1. The molecule has 42 heavy (non-hydrogen) atoms. The van der Waals surface area contributed by atoms with E-state index in [0.29, 0.717) is 5.71 Å². The van der Waals surface area contributed by atoms with Gasteiger partial charge in [-0.1, -0.05) is 91.0 Å². The van der Waals surface area contributed by atoms with Gasteiger partial charge in [0.1, 0.15) is 11.1 Å². The molecule has 0 atom stereocenters. The topological polar surface area (TPSA) is 43.9 Å². The normalized spacial score (nSPS) is 11.8. The number of furan rings is 1. The maximum atomic E-state index is 6.08.